The summed E-state index contributed by atoms with van der Waals surface area (Å²) >= 11 is 0. The van der Waals surface area contributed by atoms with Crippen molar-refractivity contribution in [2.45, 2.75) is 46.5 Å². The summed E-state index contributed by atoms with van der Waals surface area (Å²) in [5.41, 5.74) is -1.22. The molecule has 25 heavy (non-hydrogen) atoms. The molecule has 0 aromatic carbocycles. The van der Waals surface area contributed by atoms with Gasteiger partial charge in [-0.05, 0) is 38.0 Å². The van der Waals surface area contributed by atoms with E-state index in [9.17, 15) is 20.1 Å². The Morgan fingerprint density at radius 3 is 2.36 bits per heavy atom. The molecule has 1 fully saturated rings. The van der Waals surface area contributed by atoms with E-state index >= 15 is 0 Å². The highest BCUT2D eigenvalue weighted by atomic mass is 16.5. The maximum Gasteiger partial charge on any atom is 0.308 e. The molecule has 0 N–H and O–H groups in total. The molecule has 6 heteroatoms. The normalized spacial score (nSPS) is 22.5. The average molecular weight is 344 g/mol. The number of rotatable bonds is 5. The fraction of sp³-hybridized carbons (Fsp3) is 0.684. The molecule has 134 valence electrons. The predicted molar refractivity (Wildman–Crippen MR) is 89.3 cm³/mol. The van der Waals surface area contributed by atoms with Gasteiger partial charge in [-0.25, -0.2) is 0 Å². The standard InChI is InChI=1S/C19H24N2O4/c1-4-24-18(23)16-7-8-17(14(2)11-16)19(12-20,13-21)9-5-6-10-25-15(3)22/h14,16-17H,4,7-11H2,1-3H3/t14-,16-,17-/m0/s1. The first-order valence-electron chi connectivity index (χ1n) is 8.48. The number of hydrogen-bond acceptors (Lipinski definition) is 6. The first-order chi connectivity index (χ1) is 11.9. The molecular weight excluding hydrogens is 320 g/mol. The molecule has 1 rings (SSSR count). The summed E-state index contributed by atoms with van der Waals surface area (Å²) in [5.74, 6) is 4.55. The van der Waals surface area contributed by atoms with Gasteiger partial charge in [0.05, 0.1) is 24.7 Å². The van der Waals surface area contributed by atoms with Crippen LogP contribution in [-0.2, 0) is 19.1 Å². The minimum atomic E-state index is -1.22. The van der Waals surface area contributed by atoms with Gasteiger partial charge in [0.2, 0.25) is 0 Å². The third-order valence-corrected chi connectivity index (χ3v) is 4.66. The zero-order valence-electron chi connectivity index (χ0n) is 15.0. The Bertz CT molecular complexity index is 619. The van der Waals surface area contributed by atoms with Crippen LogP contribution in [0.25, 0.3) is 0 Å². The van der Waals surface area contributed by atoms with Crippen molar-refractivity contribution in [3.05, 3.63) is 0 Å². The molecule has 1 aliphatic carbocycles. The van der Waals surface area contributed by atoms with Crippen molar-refractivity contribution in [2.24, 2.45) is 23.2 Å². The van der Waals surface area contributed by atoms with E-state index in [0.29, 0.717) is 25.9 Å². The average Bonchev–Trinajstić information content (AvgIpc) is 2.59. The van der Waals surface area contributed by atoms with Crippen molar-refractivity contribution in [3.8, 4) is 24.0 Å². The molecule has 3 atom stereocenters. The van der Waals surface area contributed by atoms with E-state index in [1.54, 1.807) is 6.92 Å². The Labute approximate surface area is 149 Å². The Morgan fingerprint density at radius 1 is 1.16 bits per heavy atom. The summed E-state index contributed by atoms with van der Waals surface area (Å²) in [5, 5.41) is 19.3. The molecule has 6 nitrogen and oxygen atoms in total. The maximum atomic E-state index is 11.9. The van der Waals surface area contributed by atoms with Gasteiger partial charge < -0.3 is 9.47 Å². The number of nitrogens with zero attached hydrogens (tertiary/aromatic N) is 2. The summed E-state index contributed by atoms with van der Waals surface area (Å²) in [6, 6.07) is 4.29. The second-order valence-electron chi connectivity index (χ2n) is 6.35. The van der Waals surface area contributed by atoms with E-state index in [1.165, 1.54) is 6.92 Å². The molecule has 0 saturated heterocycles. The van der Waals surface area contributed by atoms with Crippen molar-refractivity contribution in [1.82, 2.24) is 0 Å². The highest BCUT2D eigenvalue weighted by molar-refractivity contribution is 5.72. The van der Waals surface area contributed by atoms with Gasteiger partial charge in [-0.2, -0.15) is 10.5 Å². The van der Waals surface area contributed by atoms with Crippen LogP contribution in [0, 0.1) is 57.7 Å². The molecule has 0 aliphatic heterocycles. The summed E-state index contributed by atoms with van der Waals surface area (Å²) in [4.78, 5) is 22.6. The maximum absolute atomic E-state index is 11.9. The second kappa shape index (κ2) is 9.70. The minimum absolute atomic E-state index is 0.0396. The Balaban J connectivity index is 2.79. The lowest BCUT2D eigenvalue weighted by molar-refractivity contribution is -0.150. The van der Waals surface area contributed by atoms with E-state index in [1.807, 2.05) is 6.92 Å². The SMILES string of the molecule is CCOC(=O)[C@H]1CC[C@H](C(C#N)(C#N)CC#CCOC(C)=O)[C@@H](C)C1. The topological polar surface area (TPSA) is 100 Å². The van der Waals surface area contributed by atoms with Crippen LogP contribution in [-0.4, -0.2) is 25.2 Å². The zero-order chi connectivity index (χ0) is 18.9. The number of esters is 2. The fourth-order valence-electron chi connectivity index (χ4n) is 3.39. The molecule has 0 aromatic rings. The Hall–Kier alpha value is -2.52. The van der Waals surface area contributed by atoms with Gasteiger partial charge in [-0.3, -0.25) is 9.59 Å². The first-order valence-corrected chi connectivity index (χ1v) is 8.48. The van der Waals surface area contributed by atoms with E-state index < -0.39 is 11.4 Å². The highest BCUT2D eigenvalue weighted by Crippen LogP contribution is 2.45. The lowest BCUT2D eigenvalue weighted by Crippen LogP contribution is -2.38. The molecule has 0 bridgehead atoms. The van der Waals surface area contributed by atoms with Gasteiger partial charge in [-0.1, -0.05) is 18.8 Å². The molecule has 0 amide bonds. The molecular formula is C19H24N2O4. The van der Waals surface area contributed by atoms with Crippen LogP contribution < -0.4 is 0 Å². The number of carbonyl (C=O) groups excluding carboxylic acids is 2. The third kappa shape index (κ3) is 5.50. The monoisotopic (exact) mass is 344 g/mol. The summed E-state index contributed by atoms with van der Waals surface area (Å²) < 4.78 is 9.81. The van der Waals surface area contributed by atoms with Crippen LogP contribution in [0.5, 0.6) is 0 Å². The fourth-order valence-corrected chi connectivity index (χ4v) is 3.39. The summed E-state index contributed by atoms with van der Waals surface area (Å²) in [6.07, 6.45) is 1.92. The van der Waals surface area contributed by atoms with Gasteiger partial charge in [-0.15, -0.1) is 0 Å². The third-order valence-electron chi connectivity index (χ3n) is 4.66. The van der Waals surface area contributed by atoms with E-state index in [-0.39, 0.29) is 36.8 Å². The van der Waals surface area contributed by atoms with Gasteiger partial charge in [0, 0.05) is 13.3 Å². The Kier molecular flexibility index (Phi) is 7.96. The lowest BCUT2D eigenvalue weighted by atomic mass is 9.62. The largest absolute Gasteiger partial charge is 0.466 e. The molecule has 0 radical (unpaired) electrons. The minimum Gasteiger partial charge on any atom is -0.466 e. The summed E-state index contributed by atoms with van der Waals surface area (Å²) in [6.45, 7) is 5.34. The van der Waals surface area contributed by atoms with Gasteiger partial charge in [0.1, 0.15) is 0 Å². The van der Waals surface area contributed by atoms with Gasteiger partial charge >= 0.3 is 11.9 Å². The molecule has 0 heterocycles. The highest BCUT2D eigenvalue weighted by Gasteiger charge is 2.45. The number of nitriles is 2. The van der Waals surface area contributed by atoms with E-state index in [2.05, 4.69) is 24.0 Å². The van der Waals surface area contributed by atoms with Crippen LogP contribution in [0.3, 0.4) is 0 Å². The van der Waals surface area contributed by atoms with Crippen LogP contribution in [0.15, 0.2) is 0 Å². The summed E-state index contributed by atoms with van der Waals surface area (Å²) in [7, 11) is 0. The van der Waals surface area contributed by atoms with Crippen LogP contribution >= 0.6 is 0 Å². The quantitative estimate of drug-likeness (QED) is 0.561. The molecule has 0 spiro atoms. The number of carbonyl (C=O) groups is 2. The Morgan fingerprint density at radius 2 is 1.84 bits per heavy atom. The lowest BCUT2D eigenvalue weighted by Gasteiger charge is -2.38. The van der Waals surface area contributed by atoms with E-state index in [4.69, 9.17) is 9.47 Å². The van der Waals surface area contributed by atoms with Crippen molar-refractivity contribution < 1.29 is 19.1 Å². The second-order valence-corrected chi connectivity index (χ2v) is 6.35. The number of ether oxygens (including phenoxy) is 2. The van der Waals surface area contributed by atoms with Crippen LogP contribution in [0.4, 0.5) is 0 Å². The van der Waals surface area contributed by atoms with Crippen LogP contribution in [0.2, 0.25) is 0 Å². The van der Waals surface area contributed by atoms with Crippen molar-refractivity contribution >= 4 is 11.9 Å². The van der Waals surface area contributed by atoms with Crippen molar-refractivity contribution in [3.63, 3.8) is 0 Å². The number of hydrogen-bond donors (Lipinski definition) is 0. The molecule has 1 aliphatic rings. The van der Waals surface area contributed by atoms with Crippen molar-refractivity contribution in [1.29, 1.82) is 10.5 Å². The van der Waals surface area contributed by atoms with Crippen molar-refractivity contribution in [2.75, 3.05) is 13.2 Å². The van der Waals surface area contributed by atoms with Gasteiger partial charge in [0.25, 0.3) is 0 Å². The molecule has 0 aromatic heterocycles. The predicted octanol–water partition coefficient (Wildman–Crippen LogP) is 2.59. The first kappa shape index (κ1) is 20.5. The van der Waals surface area contributed by atoms with E-state index in [0.717, 1.165) is 0 Å². The van der Waals surface area contributed by atoms with Crippen LogP contribution in [0.1, 0.15) is 46.5 Å². The smallest absolute Gasteiger partial charge is 0.308 e. The molecule has 1 saturated carbocycles. The molecule has 0 unspecified atom stereocenters. The van der Waals surface area contributed by atoms with Gasteiger partial charge in [0.15, 0.2) is 12.0 Å². The zero-order valence-corrected chi connectivity index (χ0v) is 15.0.